The standard InChI is InChI=1S/C14H6Cl2N4O2S2/c15-9-10(16)14(22)20(13(9)21)19-11-8-6(7-2-1-3-23-7)4-24-12(8)18-5-17-11/h1-5H,(H,17,18,19). The van der Waals surface area contributed by atoms with Gasteiger partial charge in [-0.25, -0.2) is 9.97 Å². The van der Waals surface area contributed by atoms with Crippen molar-refractivity contribution in [3.63, 3.8) is 0 Å². The van der Waals surface area contributed by atoms with Crippen LogP contribution in [0.5, 0.6) is 0 Å². The Kier molecular flexibility index (Phi) is 3.76. The zero-order valence-electron chi connectivity index (χ0n) is 11.6. The predicted octanol–water partition coefficient (Wildman–Crippen LogP) is 3.80. The average molecular weight is 397 g/mol. The summed E-state index contributed by atoms with van der Waals surface area (Å²) >= 11 is 14.5. The van der Waals surface area contributed by atoms with Crippen molar-refractivity contribution >= 4 is 73.7 Å². The van der Waals surface area contributed by atoms with Crippen molar-refractivity contribution in [1.82, 2.24) is 15.0 Å². The predicted molar refractivity (Wildman–Crippen MR) is 94.9 cm³/mol. The Labute approximate surface area is 153 Å². The highest BCUT2D eigenvalue weighted by atomic mass is 35.5. The number of amides is 2. The van der Waals surface area contributed by atoms with Gasteiger partial charge in [0.2, 0.25) is 0 Å². The molecule has 1 aliphatic heterocycles. The van der Waals surface area contributed by atoms with E-state index in [4.69, 9.17) is 23.2 Å². The van der Waals surface area contributed by atoms with Crippen molar-refractivity contribution in [1.29, 1.82) is 0 Å². The van der Waals surface area contributed by atoms with Crippen LogP contribution in [0.25, 0.3) is 20.7 Å². The number of hydrazine groups is 1. The molecule has 0 unspecified atom stereocenters. The number of nitrogens with one attached hydrogen (secondary N) is 1. The number of fused-ring (bicyclic) bond motifs is 1. The summed E-state index contributed by atoms with van der Waals surface area (Å²) in [6, 6.07) is 3.92. The minimum absolute atomic E-state index is 0.316. The molecule has 4 rings (SSSR count). The molecule has 0 bridgehead atoms. The Morgan fingerprint density at radius 3 is 2.50 bits per heavy atom. The lowest BCUT2D eigenvalue weighted by Crippen LogP contribution is -2.37. The minimum Gasteiger partial charge on any atom is -0.271 e. The topological polar surface area (TPSA) is 75.2 Å². The van der Waals surface area contributed by atoms with Crippen molar-refractivity contribution in [2.45, 2.75) is 0 Å². The van der Waals surface area contributed by atoms with Gasteiger partial charge in [-0.3, -0.25) is 15.0 Å². The van der Waals surface area contributed by atoms with E-state index in [0.29, 0.717) is 5.82 Å². The maximum Gasteiger partial charge on any atom is 0.293 e. The quantitative estimate of drug-likeness (QED) is 0.681. The summed E-state index contributed by atoms with van der Waals surface area (Å²) in [5.41, 5.74) is 3.64. The molecule has 10 heteroatoms. The van der Waals surface area contributed by atoms with Gasteiger partial charge in [0, 0.05) is 15.8 Å². The van der Waals surface area contributed by atoms with Crippen LogP contribution in [0.4, 0.5) is 5.82 Å². The number of carbonyl (C=O) groups excluding carboxylic acids is 2. The first-order valence-electron chi connectivity index (χ1n) is 6.54. The molecule has 0 radical (unpaired) electrons. The van der Waals surface area contributed by atoms with E-state index in [-0.39, 0.29) is 10.1 Å². The number of halogens is 2. The molecule has 0 aliphatic carbocycles. The van der Waals surface area contributed by atoms with Crippen molar-refractivity contribution in [3.8, 4) is 10.4 Å². The third-order valence-electron chi connectivity index (χ3n) is 3.35. The number of imide groups is 1. The smallest absolute Gasteiger partial charge is 0.271 e. The first kappa shape index (κ1) is 15.5. The van der Waals surface area contributed by atoms with Gasteiger partial charge < -0.3 is 0 Å². The van der Waals surface area contributed by atoms with Crippen LogP contribution >= 0.6 is 45.9 Å². The highest BCUT2D eigenvalue weighted by Gasteiger charge is 2.37. The molecule has 6 nitrogen and oxygen atoms in total. The summed E-state index contributed by atoms with van der Waals surface area (Å²) in [7, 11) is 0. The molecule has 0 atom stereocenters. The fourth-order valence-electron chi connectivity index (χ4n) is 2.26. The van der Waals surface area contributed by atoms with E-state index in [9.17, 15) is 9.59 Å². The Balaban J connectivity index is 1.80. The number of thiophene rings is 2. The van der Waals surface area contributed by atoms with E-state index < -0.39 is 11.8 Å². The van der Waals surface area contributed by atoms with Crippen LogP contribution in [-0.4, -0.2) is 26.8 Å². The first-order valence-corrected chi connectivity index (χ1v) is 9.06. The molecule has 0 saturated carbocycles. The van der Waals surface area contributed by atoms with E-state index in [0.717, 1.165) is 25.7 Å². The Morgan fingerprint density at radius 1 is 1.08 bits per heavy atom. The molecule has 0 fully saturated rings. The number of anilines is 1. The molecule has 3 aromatic rings. The van der Waals surface area contributed by atoms with E-state index in [1.807, 2.05) is 22.9 Å². The second kappa shape index (κ2) is 5.82. The molecule has 0 spiro atoms. The van der Waals surface area contributed by atoms with Crippen molar-refractivity contribution < 1.29 is 9.59 Å². The number of aromatic nitrogens is 2. The molecule has 24 heavy (non-hydrogen) atoms. The average Bonchev–Trinajstić information content (AvgIpc) is 3.29. The van der Waals surface area contributed by atoms with Crippen LogP contribution in [0.3, 0.4) is 0 Å². The lowest BCUT2D eigenvalue weighted by atomic mass is 10.2. The van der Waals surface area contributed by atoms with Crippen LogP contribution in [0.1, 0.15) is 0 Å². The van der Waals surface area contributed by atoms with Gasteiger partial charge >= 0.3 is 0 Å². The second-order valence-corrected chi connectivity index (χ2v) is 7.28. The van der Waals surface area contributed by atoms with Gasteiger partial charge in [0.1, 0.15) is 21.2 Å². The van der Waals surface area contributed by atoms with Crippen LogP contribution in [0, 0.1) is 0 Å². The second-order valence-electron chi connectivity index (χ2n) is 4.71. The monoisotopic (exact) mass is 396 g/mol. The zero-order valence-corrected chi connectivity index (χ0v) is 14.8. The van der Waals surface area contributed by atoms with Crippen molar-refractivity contribution in [2.24, 2.45) is 0 Å². The molecule has 2 amide bonds. The Hall–Kier alpha value is -2.00. The molecule has 0 saturated heterocycles. The Morgan fingerprint density at radius 2 is 1.83 bits per heavy atom. The molecule has 1 N–H and O–H groups in total. The highest BCUT2D eigenvalue weighted by Crippen LogP contribution is 2.39. The third-order valence-corrected chi connectivity index (χ3v) is 5.94. The normalized spacial score (nSPS) is 15.0. The third kappa shape index (κ3) is 2.30. The fraction of sp³-hybridized carbons (Fsp3) is 0. The van der Waals surface area contributed by atoms with Crippen molar-refractivity contribution in [3.05, 3.63) is 39.3 Å². The zero-order chi connectivity index (χ0) is 16.8. The lowest BCUT2D eigenvalue weighted by molar-refractivity contribution is -0.135. The van der Waals surface area contributed by atoms with Crippen LogP contribution < -0.4 is 5.43 Å². The maximum absolute atomic E-state index is 12.0. The van der Waals surface area contributed by atoms with Gasteiger partial charge in [0.15, 0.2) is 5.82 Å². The summed E-state index contributed by atoms with van der Waals surface area (Å²) in [6.45, 7) is 0. The van der Waals surface area contributed by atoms with E-state index in [1.54, 1.807) is 11.3 Å². The van der Waals surface area contributed by atoms with Crippen LogP contribution in [0.2, 0.25) is 0 Å². The maximum atomic E-state index is 12.0. The van der Waals surface area contributed by atoms with Gasteiger partial charge in [-0.05, 0) is 11.4 Å². The van der Waals surface area contributed by atoms with Gasteiger partial charge in [0.25, 0.3) is 11.8 Å². The minimum atomic E-state index is -0.716. The molecule has 0 aromatic carbocycles. The molecular weight excluding hydrogens is 391 g/mol. The molecule has 3 aromatic heterocycles. The molecule has 4 heterocycles. The molecular formula is C14H6Cl2N4O2S2. The molecule has 1 aliphatic rings. The number of carbonyl (C=O) groups is 2. The molecule has 120 valence electrons. The lowest BCUT2D eigenvalue weighted by Gasteiger charge is -2.16. The fourth-order valence-corrected chi connectivity index (χ4v) is 4.32. The number of rotatable bonds is 3. The van der Waals surface area contributed by atoms with Crippen molar-refractivity contribution in [2.75, 3.05) is 5.43 Å². The summed E-state index contributed by atoms with van der Waals surface area (Å²) in [6.07, 6.45) is 1.36. The van der Waals surface area contributed by atoms with Crippen LogP contribution in [-0.2, 0) is 9.59 Å². The first-order chi connectivity index (χ1) is 11.6. The summed E-state index contributed by atoms with van der Waals surface area (Å²) in [5, 5.41) is 4.77. The van der Waals surface area contributed by atoms with E-state index >= 15 is 0 Å². The summed E-state index contributed by atoms with van der Waals surface area (Å²) < 4.78 is 0. The van der Waals surface area contributed by atoms with Gasteiger partial charge in [0.05, 0.1) is 5.39 Å². The van der Waals surface area contributed by atoms with Gasteiger partial charge in [-0.2, -0.15) is 5.01 Å². The highest BCUT2D eigenvalue weighted by molar-refractivity contribution is 7.18. The Bertz CT molecular complexity index is 989. The SMILES string of the molecule is O=C1C(Cl)=C(Cl)C(=O)N1Nc1ncnc2scc(-c3cccs3)c12. The van der Waals surface area contributed by atoms with E-state index in [1.165, 1.54) is 17.7 Å². The van der Waals surface area contributed by atoms with Gasteiger partial charge in [-0.15, -0.1) is 22.7 Å². The summed E-state index contributed by atoms with van der Waals surface area (Å²) in [5.74, 6) is -1.10. The van der Waals surface area contributed by atoms with E-state index in [2.05, 4.69) is 15.4 Å². The van der Waals surface area contributed by atoms with Gasteiger partial charge in [-0.1, -0.05) is 29.3 Å². The largest absolute Gasteiger partial charge is 0.293 e. The number of nitrogens with zero attached hydrogens (tertiary/aromatic N) is 3. The van der Waals surface area contributed by atoms with Crippen LogP contribution in [0.15, 0.2) is 39.3 Å². The number of hydrogen-bond donors (Lipinski definition) is 1. The summed E-state index contributed by atoms with van der Waals surface area (Å²) in [4.78, 5) is 34.3. The number of hydrogen-bond acceptors (Lipinski definition) is 7.